The van der Waals surface area contributed by atoms with E-state index in [4.69, 9.17) is 5.26 Å². The molecular weight excluding hydrogens is 310 g/mol. The molecule has 0 atom stereocenters. The molecule has 0 aromatic heterocycles. The Hall–Kier alpha value is -3.37. The molecular formula is C21H19N3O. The normalized spacial score (nSPS) is 10.6. The van der Waals surface area contributed by atoms with Gasteiger partial charge in [-0.25, -0.2) is 0 Å². The maximum absolute atomic E-state index is 12.6. The lowest BCUT2D eigenvalue weighted by molar-refractivity contribution is -0.112. The number of hydrogen-bond acceptors (Lipinski definition) is 3. The molecule has 2 rings (SSSR count). The fourth-order valence-corrected chi connectivity index (χ4v) is 2.55. The standard InChI is InChI=1S/C21H19N3O/c1-3-17-6-5-7-18(4-2)20(17)24-21(25)19(14-23)12-15-8-10-16(13-22)11-9-15/h5-12H,3-4H2,1-2H3,(H,24,25)/b19-12-. The van der Waals surface area contributed by atoms with Gasteiger partial charge >= 0.3 is 0 Å². The minimum atomic E-state index is -0.428. The van der Waals surface area contributed by atoms with E-state index in [1.54, 1.807) is 24.3 Å². The van der Waals surface area contributed by atoms with Crippen molar-refractivity contribution in [2.24, 2.45) is 0 Å². The van der Waals surface area contributed by atoms with Gasteiger partial charge in [0.1, 0.15) is 11.6 Å². The molecule has 1 amide bonds. The predicted molar refractivity (Wildman–Crippen MR) is 98.6 cm³/mol. The highest BCUT2D eigenvalue weighted by Crippen LogP contribution is 2.23. The van der Waals surface area contributed by atoms with Crippen LogP contribution in [0.5, 0.6) is 0 Å². The third-order valence-corrected chi connectivity index (χ3v) is 3.95. The first-order valence-electron chi connectivity index (χ1n) is 8.17. The highest BCUT2D eigenvalue weighted by Gasteiger charge is 2.14. The van der Waals surface area contributed by atoms with E-state index in [1.165, 1.54) is 6.08 Å². The lowest BCUT2D eigenvalue weighted by atomic mass is 10.0. The average Bonchev–Trinajstić information content (AvgIpc) is 2.66. The molecule has 0 saturated heterocycles. The van der Waals surface area contributed by atoms with Crippen molar-refractivity contribution < 1.29 is 4.79 Å². The number of nitriles is 2. The van der Waals surface area contributed by atoms with Crippen LogP contribution in [0.3, 0.4) is 0 Å². The summed E-state index contributed by atoms with van der Waals surface area (Å²) in [5, 5.41) is 21.1. The number of para-hydroxylation sites is 1. The van der Waals surface area contributed by atoms with Crippen LogP contribution in [0.15, 0.2) is 48.0 Å². The highest BCUT2D eigenvalue weighted by atomic mass is 16.1. The third kappa shape index (κ3) is 4.34. The molecule has 0 saturated carbocycles. The topological polar surface area (TPSA) is 76.7 Å². The van der Waals surface area contributed by atoms with Crippen molar-refractivity contribution in [2.75, 3.05) is 5.32 Å². The van der Waals surface area contributed by atoms with Crippen molar-refractivity contribution in [3.63, 3.8) is 0 Å². The Morgan fingerprint density at radius 3 is 2.12 bits per heavy atom. The minimum Gasteiger partial charge on any atom is -0.321 e. The van der Waals surface area contributed by atoms with Gasteiger partial charge in [-0.2, -0.15) is 10.5 Å². The molecule has 4 nitrogen and oxygen atoms in total. The summed E-state index contributed by atoms with van der Waals surface area (Å²) >= 11 is 0. The highest BCUT2D eigenvalue weighted by molar-refractivity contribution is 6.10. The van der Waals surface area contributed by atoms with Gasteiger partial charge in [0.05, 0.1) is 11.6 Å². The zero-order valence-corrected chi connectivity index (χ0v) is 14.3. The van der Waals surface area contributed by atoms with E-state index in [9.17, 15) is 10.1 Å². The maximum atomic E-state index is 12.6. The molecule has 4 heteroatoms. The van der Waals surface area contributed by atoms with E-state index in [1.807, 2.05) is 44.2 Å². The second-order valence-corrected chi connectivity index (χ2v) is 5.52. The van der Waals surface area contributed by atoms with E-state index in [2.05, 4.69) is 5.32 Å². The second-order valence-electron chi connectivity index (χ2n) is 5.52. The monoisotopic (exact) mass is 329 g/mol. The molecule has 2 aromatic rings. The number of nitrogens with one attached hydrogen (secondary N) is 1. The van der Waals surface area contributed by atoms with Crippen molar-refractivity contribution in [3.8, 4) is 12.1 Å². The van der Waals surface area contributed by atoms with E-state index in [-0.39, 0.29) is 5.57 Å². The van der Waals surface area contributed by atoms with Crippen LogP contribution >= 0.6 is 0 Å². The Morgan fingerprint density at radius 1 is 1.04 bits per heavy atom. The van der Waals surface area contributed by atoms with Gasteiger partial charge in [0.2, 0.25) is 0 Å². The summed E-state index contributed by atoms with van der Waals surface area (Å²) in [4.78, 5) is 12.6. The number of carbonyl (C=O) groups is 1. The van der Waals surface area contributed by atoms with Crippen LogP contribution in [0, 0.1) is 22.7 Å². The molecule has 0 fully saturated rings. The molecule has 2 aromatic carbocycles. The summed E-state index contributed by atoms with van der Waals surface area (Å²) in [6.07, 6.45) is 3.12. The van der Waals surface area contributed by atoms with Crippen LogP contribution in [-0.2, 0) is 17.6 Å². The van der Waals surface area contributed by atoms with Crippen LogP contribution in [0.2, 0.25) is 0 Å². The van der Waals surface area contributed by atoms with E-state index >= 15 is 0 Å². The molecule has 0 bridgehead atoms. The van der Waals surface area contributed by atoms with Crippen molar-refractivity contribution in [1.82, 2.24) is 0 Å². The van der Waals surface area contributed by atoms with Crippen molar-refractivity contribution in [2.45, 2.75) is 26.7 Å². The van der Waals surface area contributed by atoms with Gasteiger partial charge in [0.15, 0.2) is 0 Å². The average molecular weight is 329 g/mol. The first-order valence-corrected chi connectivity index (χ1v) is 8.17. The van der Waals surface area contributed by atoms with Crippen molar-refractivity contribution >= 4 is 17.7 Å². The Balaban J connectivity index is 2.31. The fourth-order valence-electron chi connectivity index (χ4n) is 2.55. The molecule has 0 unspecified atom stereocenters. The maximum Gasteiger partial charge on any atom is 0.266 e. The number of hydrogen-bond donors (Lipinski definition) is 1. The number of rotatable bonds is 5. The van der Waals surface area contributed by atoms with Crippen molar-refractivity contribution in [3.05, 3.63) is 70.3 Å². The third-order valence-electron chi connectivity index (χ3n) is 3.95. The van der Waals surface area contributed by atoms with Gasteiger partial charge in [-0.1, -0.05) is 44.2 Å². The fraction of sp³-hybridized carbons (Fsp3) is 0.190. The van der Waals surface area contributed by atoms with Crippen molar-refractivity contribution in [1.29, 1.82) is 10.5 Å². The first-order chi connectivity index (χ1) is 12.1. The van der Waals surface area contributed by atoms with Crippen LogP contribution in [0.1, 0.15) is 36.1 Å². The summed E-state index contributed by atoms with van der Waals surface area (Å²) in [6.45, 7) is 4.06. The lowest BCUT2D eigenvalue weighted by Gasteiger charge is -2.14. The Bertz CT molecular complexity index is 859. The Labute approximate surface area is 148 Å². The molecule has 0 aliphatic rings. The molecule has 0 aliphatic carbocycles. The summed E-state index contributed by atoms with van der Waals surface area (Å²) in [7, 11) is 0. The Morgan fingerprint density at radius 2 is 1.64 bits per heavy atom. The number of anilines is 1. The van der Waals surface area contributed by atoms with Gasteiger partial charge in [-0.05, 0) is 47.7 Å². The van der Waals surface area contributed by atoms with E-state index in [0.717, 1.165) is 29.7 Å². The molecule has 25 heavy (non-hydrogen) atoms. The first kappa shape index (κ1) is 18.0. The molecule has 0 aliphatic heterocycles. The number of benzene rings is 2. The smallest absolute Gasteiger partial charge is 0.266 e. The van der Waals surface area contributed by atoms with Gasteiger partial charge in [-0.15, -0.1) is 0 Å². The molecule has 0 heterocycles. The Kier molecular flexibility index (Phi) is 6.09. The van der Waals surface area contributed by atoms with E-state index < -0.39 is 5.91 Å². The number of carbonyl (C=O) groups excluding carboxylic acids is 1. The summed E-state index contributed by atoms with van der Waals surface area (Å²) in [5.41, 5.74) is 4.14. The summed E-state index contributed by atoms with van der Waals surface area (Å²) < 4.78 is 0. The van der Waals surface area contributed by atoms with Crippen LogP contribution in [0.25, 0.3) is 6.08 Å². The molecule has 0 radical (unpaired) electrons. The van der Waals surface area contributed by atoms with Crippen LogP contribution < -0.4 is 5.32 Å². The van der Waals surface area contributed by atoms with E-state index in [0.29, 0.717) is 11.1 Å². The number of nitrogens with zero attached hydrogens (tertiary/aromatic N) is 2. The van der Waals surface area contributed by atoms with Gasteiger partial charge in [0.25, 0.3) is 5.91 Å². The van der Waals surface area contributed by atoms with Crippen LogP contribution in [0.4, 0.5) is 5.69 Å². The number of amides is 1. The zero-order valence-electron chi connectivity index (χ0n) is 14.3. The quantitative estimate of drug-likeness (QED) is 0.659. The second kappa shape index (κ2) is 8.47. The van der Waals surface area contributed by atoms with Gasteiger partial charge < -0.3 is 5.32 Å². The largest absolute Gasteiger partial charge is 0.321 e. The zero-order chi connectivity index (χ0) is 18.2. The molecule has 1 N–H and O–H groups in total. The summed E-state index contributed by atoms with van der Waals surface area (Å²) in [6, 6.07) is 16.7. The predicted octanol–water partition coefficient (Wildman–Crippen LogP) is 4.23. The molecule has 124 valence electrons. The summed E-state index contributed by atoms with van der Waals surface area (Å²) in [5.74, 6) is -0.428. The number of aryl methyl sites for hydroxylation is 2. The van der Waals surface area contributed by atoms with Gasteiger partial charge in [0, 0.05) is 5.69 Å². The molecule has 0 spiro atoms. The lowest BCUT2D eigenvalue weighted by Crippen LogP contribution is -2.16. The van der Waals surface area contributed by atoms with Crippen LogP contribution in [-0.4, -0.2) is 5.91 Å². The minimum absolute atomic E-state index is 0.0256. The van der Waals surface area contributed by atoms with Gasteiger partial charge in [-0.3, -0.25) is 4.79 Å². The SMILES string of the molecule is CCc1cccc(CC)c1NC(=O)/C(C#N)=C\c1ccc(C#N)cc1.